The maximum atomic E-state index is 13.0. The van der Waals surface area contributed by atoms with E-state index in [1.807, 2.05) is 32.3 Å². The number of carbonyl (C=O) groups excluding carboxylic acids is 2. The first kappa shape index (κ1) is 18.9. The van der Waals surface area contributed by atoms with Crippen molar-refractivity contribution in [2.45, 2.75) is 44.6 Å². The molecule has 0 radical (unpaired) electrons. The molecule has 1 N–H and O–H groups in total. The normalized spacial score (nSPS) is 21.7. The van der Waals surface area contributed by atoms with E-state index in [0.717, 1.165) is 44.2 Å². The molecule has 1 atom stereocenters. The Bertz CT molecular complexity index is 623. The zero-order valence-corrected chi connectivity index (χ0v) is 16.0. The SMILES string of the molecule is CN(C)CCCNC(=O)CN1C(=O)C2(CCCCC2)C1c1ccccc1. The number of hydrogen-bond acceptors (Lipinski definition) is 3. The van der Waals surface area contributed by atoms with Gasteiger partial charge in [-0.3, -0.25) is 9.59 Å². The minimum Gasteiger partial charge on any atom is -0.355 e. The lowest BCUT2D eigenvalue weighted by Gasteiger charge is -2.58. The molecule has 5 nitrogen and oxygen atoms in total. The molecule has 0 aromatic heterocycles. The van der Waals surface area contributed by atoms with Gasteiger partial charge in [0.15, 0.2) is 0 Å². The van der Waals surface area contributed by atoms with Gasteiger partial charge in [-0.1, -0.05) is 49.6 Å². The number of nitrogens with zero attached hydrogens (tertiary/aromatic N) is 2. The topological polar surface area (TPSA) is 52.7 Å². The summed E-state index contributed by atoms with van der Waals surface area (Å²) in [6.07, 6.45) is 6.25. The minimum absolute atomic E-state index is 0.0454. The molecule has 5 heteroatoms. The Labute approximate surface area is 156 Å². The second-order valence-electron chi connectivity index (χ2n) is 7.97. The van der Waals surface area contributed by atoms with Crippen LogP contribution in [0.4, 0.5) is 0 Å². The number of benzene rings is 1. The molecule has 1 spiro atoms. The largest absolute Gasteiger partial charge is 0.355 e. The molecule has 1 saturated carbocycles. The van der Waals surface area contributed by atoms with Crippen molar-refractivity contribution in [2.75, 3.05) is 33.7 Å². The van der Waals surface area contributed by atoms with Gasteiger partial charge in [0.05, 0.1) is 11.5 Å². The third kappa shape index (κ3) is 3.78. The van der Waals surface area contributed by atoms with E-state index < -0.39 is 0 Å². The van der Waals surface area contributed by atoms with Crippen molar-refractivity contribution in [2.24, 2.45) is 5.41 Å². The predicted octanol–water partition coefficient (Wildman–Crippen LogP) is 2.59. The molecule has 1 heterocycles. The van der Waals surface area contributed by atoms with Crippen molar-refractivity contribution in [3.63, 3.8) is 0 Å². The van der Waals surface area contributed by atoms with Crippen molar-refractivity contribution < 1.29 is 9.59 Å². The van der Waals surface area contributed by atoms with Crippen LogP contribution in [0.15, 0.2) is 30.3 Å². The Kier molecular flexibility index (Phi) is 5.97. The molecule has 1 aromatic rings. The highest BCUT2D eigenvalue weighted by atomic mass is 16.2. The van der Waals surface area contributed by atoms with Crippen molar-refractivity contribution in [1.82, 2.24) is 15.1 Å². The average Bonchev–Trinajstić information content (AvgIpc) is 2.66. The second kappa shape index (κ2) is 8.21. The number of rotatable bonds is 7. The lowest BCUT2D eigenvalue weighted by molar-refractivity contribution is -0.180. The molecule has 2 aliphatic rings. The number of amides is 2. The van der Waals surface area contributed by atoms with E-state index in [0.29, 0.717) is 6.54 Å². The van der Waals surface area contributed by atoms with Crippen LogP contribution in [0.3, 0.4) is 0 Å². The van der Waals surface area contributed by atoms with Gasteiger partial charge in [-0.15, -0.1) is 0 Å². The van der Waals surface area contributed by atoms with Crippen molar-refractivity contribution in [1.29, 1.82) is 0 Å². The zero-order chi connectivity index (χ0) is 18.6. The third-order valence-electron chi connectivity index (χ3n) is 5.80. The Morgan fingerprint density at radius 3 is 2.54 bits per heavy atom. The van der Waals surface area contributed by atoms with Crippen LogP contribution in [0, 0.1) is 5.41 Å². The number of nitrogens with one attached hydrogen (secondary N) is 1. The first-order valence-electron chi connectivity index (χ1n) is 9.82. The Morgan fingerprint density at radius 1 is 1.19 bits per heavy atom. The molecule has 1 unspecified atom stereocenters. The highest BCUT2D eigenvalue weighted by Gasteiger charge is 2.60. The van der Waals surface area contributed by atoms with E-state index >= 15 is 0 Å². The van der Waals surface area contributed by atoms with Gasteiger partial charge in [0.1, 0.15) is 6.54 Å². The molecule has 1 aromatic carbocycles. The summed E-state index contributed by atoms with van der Waals surface area (Å²) in [5.41, 5.74) is 0.888. The monoisotopic (exact) mass is 357 g/mol. The van der Waals surface area contributed by atoms with Gasteiger partial charge in [0.2, 0.25) is 11.8 Å². The zero-order valence-electron chi connectivity index (χ0n) is 16.0. The Hall–Kier alpha value is -1.88. The summed E-state index contributed by atoms with van der Waals surface area (Å²) in [4.78, 5) is 29.3. The van der Waals surface area contributed by atoms with Crippen molar-refractivity contribution in [3.05, 3.63) is 35.9 Å². The summed E-state index contributed by atoms with van der Waals surface area (Å²) < 4.78 is 0. The van der Waals surface area contributed by atoms with Crippen LogP contribution in [0.2, 0.25) is 0 Å². The number of likely N-dealkylation sites (tertiary alicyclic amines) is 1. The molecule has 26 heavy (non-hydrogen) atoms. The van der Waals surface area contributed by atoms with E-state index in [1.54, 1.807) is 4.90 Å². The molecule has 3 rings (SSSR count). The maximum Gasteiger partial charge on any atom is 0.239 e. The van der Waals surface area contributed by atoms with Gasteiger partial charge >= 0.3 is 0 Å². The van der Waals surface area contributed by atoms with Crippen LogP contribution in [-0.2, 0) is 9.59 Å². The molecular weight excluding hydrogens is 326 g/mol. The summed E-state index contributed by atoms with van der Waals surface area (Å²) >= 11 is 0. The van der Waals surface area contributed by atoms with Gasteiger partial charge in [-0.2, -0.15) is 0 Å². The van der Waals surface area contributed by atoms with Crippen LogP contribution in [-0.4, -0.2) is 55.3 Å². The van der Waals surface area contributed by atoms with Crippen LogP contribution >= 0.6 is 0 Å². The Balaban J connectivity index is 1.66. The van der Waals surface area contributed by atoms with E-state index in [1.165, 1.54) is 6.42 Å². The second-order valence-corrected chi connectivity index (χ2v) is 7.97. The van der Waals surface area contributed by atoms with E-state index in [-0.39, 0.29) is 29.8 Å². The first-order chi connectivity index (χ1) is 12.5. The maximum absolute atomic E-state index is 13.0. The van der Waals surface area contributed by atoms with Crippen LogP contribution in [0.5, 0.6) is 0 Å². The summed E-state index contributed by atoms with van der Waals surface area (Å²) in [5, 5.41) is 2.96. The fourth-order valence-corrected chi connectivity index (χ4v) is 4.55. The van der Waals surface area contributed by atoms with E-state index in [2.05, 4.69) is 22.3 Å². The van der Waals surface area contributed by atoms with Gasteiger partial charge < -0.3 is 15.1 Å². The quantitative estimate of drug-likeness (QED) is 0.603. The summed E-state index contributed by atoms with van der Waals surface area (Å²) in [6, 6.07) is 10.3. The summed E-state index contributed by atoms with van der Waals surface area (Å²) in [6.45, 7) is 1.76. The minimum atomic E-state index is -0.273. The van der Waals surface area contributed by atoms with E-state index in [9.17, 15) is 9.59 Å². The third-order valence-corrected chi connectivity index (χ3v) is 5.80. The van der Waals surface area contributed by atoms with E-state index in [4.69, 9.17) is 0 Å². The van der Waals surface area contributed by atoms with Crippen molar-refractivity contribution in [3.8, 4) is 0 Å². The molecular formula is C21H31N3O2. The summed E-state index contributed by atoms with van der Waals surface area (Å²) in [5.74, 6) is 0.123. The number of hydrogen-bond donors (Lipinski definition) is 1. The number of β-lactam (4-membered cyclic amide) rings is 1. The molecule has 2 fully saturated rings. The molecule has 1 aliphatic heterocycles. The lowest BCUT2D eigenvalue weighted by atomic mass is 9.60. The summed E-state index contributed by atoms with van der Waals surface area (Å²) in [7, 11) is 4.04. The fourth-order valence-electron chi connectivity index (χ4n) is 4.55. The average molecular weight is 357 g/mol. The van der Waals surface area contributed by atoms with Crippen LogP contribution in [0.25, 0.3) is 0 Å². The molecule has 142 valence electrons. The fraction of sp³-hybridized carbons (Fsp3) is 0.619. The van der Waals surface area contributed by atoms with Gasteiger partial charge in [-0.25, -0.2) is 0 Å². The predicted molar refractivity (Wildman–Crippen MR) is 103 cm³/mol. The molecule has 1 aliphatic carbocycles. The lowest BCUT2D eigenvalue weighted by Crippen LogP contribution is -2.65. The molecule has 1 saturated heterocycles. The highest BCUT2D eigenvalue weighted by Crippen LogP contribution is 2.57. The smallest absolute Gasteiger partial charge is 0.239 e. The molecule has 0 bridgehead atoms. The van der Waals surface area contributed by atoms with Crippen LogP contribution in [0.1, 0.15) is 50.1 Å². The van der Waals surface area contributed by atoms with Crippen LogP contribution < -0.4 is 5.32 Å². The standard InChI is InChI=1S/C21H31N3O2/c1-23(2)15-9-14-22-18(25)16-24-19(17-10-5-3-6-11-17)21(20(24)26)12-7-4-8-13-21/h3,5-6,10-11,19H,4,7-9,12-16H2,1-2H3,(H,22,25). The van der Waals surface area contributed by atoms with Crippen molar-refractivity contribution >= 4 is 11.8 Å². The number of carbonyl (C=O) groups is 2. The van der Waals surface area contributed by atoms with Gasteiger partial charge in [0.25, 0.3) is 0 Å². The van der Waals surface area contributed by atoms with Gasteiger partial charge in [0, 0.05) is 6.54 Å². The molecule has 2 amide bonds. The highest BCUT2D eigenvalue weighted by molar-refractivity contribution is 5.94. The first-order valence-corrected chi connectivity index (χ1v) is 9.82. The van der Waals surface area contributed by atoms with Gasteiger partial charge in [-0.05, 0) is 45.5 Å². The Morgan fingerprint density at radius 2 is 1.88 bits per heavy atom.